The molecule has 18 heavy (non-hydrogen) atoms. The van der Waals surface area contributed by atoms with Crippen LogP contribution < -0.4 is 14.8 Å². The number of halogens is 1. The third kappa shape index (κ3) is 5.27. The molecule has 0 aliphatic carbocycles. The first kappa shape index (κ1) is 15.3. The monoisotopic (exact) mass is 315 g/mol. The van der Waals surface area contributed by atoms with Crippen molar-refractivity contribution in [3.63, 3.8) is 0 Å². The van der Waals surface area contributed by atoms with Gasteiger partial charge < -0.3 is 14.8 Å². The van der Waals surface area contributed by atoms with Crippen molar-refractivity contribution in [3.8, 4) is 11.5 Å². The predicted octanol–water partition coefficient (Wildman–Crippen LogP) is 3.61. The molecule has 0 aromatic heterocycles. The maximum absolute atomic E-state index is 5.86. The Kier molecular flexibility index (Phi) is 7.13. The SMILES string of the molecule is CCCCNCC(C)Oc1ccc(OC)cc1Br. The van der Waals surface area contributed by atoms with E-state index in [0.717, 1.165) is 29.1 Å². The van der Waals surface area contributed by atoms with Crippen molar-refractivity contribution < 1.29 is 9.47 Å². The number of hydrogen-bond acceptors (Lipinski definition) is 3. The van der Waals surface area contributed by atoms with E-state index in [4.69, 9.17) is 9.47 Å². The maximum atomic E-state index is 5.86. The number of nitrogens with one attached hydrogen (secondary N) is 1. The fourth-order valence-corrected chi connectivity index (χ4v) is 2.02. The molecule has 1 N–H and O–H groups in total. The van der Waals surface area contributed by atoms with Gasteiger partial charge >= 0.3 is 0 Å². The van der Waals surface area contributed by atoms with Crippen LogP contribution in [0.2, 0.25) is 0 Å². The van der Waals surface area contributed by atoms with Crippen molar-refractivity contribution in [2.24, 2.45) is 0 Å². The van der Waals surface area contributed by atoms with E-state index in [1.165, 1.54) is 12.8 Å². The van der Waals surface area contributed by atoms with Crippen LogP contribution in [-0.4, -0.2) is 26.3 Å². The van der Waals surface area contributed by atoms with Crippen molar-refractivity contribution in [1.29, 1.82) is 0 Å². The van der Waals surface area contributed by atoms with Gasteiger partial charge in [-0.05, 0) is 54.0 Å². The Labute approximate surface area is 118 Å². The van der Waals surface area contributed by atoms with Gasteiger partial charge in [0, 0.05) is 6.54 Å². The van der Waals surface area contributed by atoms with Gasteiger partial charge in [-0.25, -0.2) is 0 Å². The first-order valence-electron chi connectivity index (χ1n) is 6.38. The van der Waals surface area contributed by atoms with Gasteiger partial charge in [0.2, 0.25) is 0 Å². The van der Waals surface area contributed by atoms with Crippen LogP contribution in [0.1, 0.15) is 26.7 Å². The molecule has 4 heteroatoms. The van der Waals surface area contributed by atoms with E-state index in [2.05, 4.69) is 35.1 Å². The zero-order valence-electron chi connectivity index (χ0n) is 11.3. The first-order valence-corrected chi connectivity index (χ1v) is 7.17. The molecule has 3 nitrogen and oxygen atoms in total. The minimum atomic E-state index is 0.145. The molecule has 1 unspecified atom stereocenters. The lowest BCUT2D eigenvalue weighted by atomic mass is 10.3. The standard InChI is InChI=1S/C14H22BrNO2/c1-4-5-8-16-10-11(2)18-14-7-6-12(17-3)9-13(14)15/h6-7,9,11,16H,4-5,8,10H2,1-3H3. The minimum Gasteiger partial charge on any atom is -0.497 e. The van der Waals surface area contributed by atoms with Crippen molar-refractivity contribution in [2.45, 2.75) is 32.8 Å². The highest BCUT2D eigenvalue weighted by Gasteiger charge is 2.07. The second-order valence-corrected chi connectivity index (χ2v) is 5.14. The molecule has 0 spiro atoms. The van der Waals surface area contributed by atoms with Crippen LogP contribution in [0.3, 0.4) is 0 Å². The number of unbranched alkanes of at least 4 members (excludes halogenated alkanes) is 1. The molecule has 0 heterocycles. The van der Waals surface area contributed by atoms with Crippen LogP contribution >= 0.6 is 15.9 Å². The Morgan fingerprint density at radius 3 is 2.78 bits per heavy atom. The van der Waals surface area contributed by atoms with Gasteiger partial charge in [-0.2, -0.15) is 0 Å². The number of hydrogen-bond donors (Lipinski definition) is 1. The van der Waals surface area contributed by atoms with Crippen LogP contribution in [-0.2, 0) is 0 Å². The normalized spacial score (nSPS) is 12.2. The van der Waals surface area contributed by atoms with E-state index in [9.17, 15) is 0 Å². The summed E-state index contributed by atoms with van der Waals surface area (Å²) in [4.78, 5) is 0. The van der Waals surface area contributed by atoms with E-state index in [0.29, 0.717) is 0 Å². The highest BCUT2D eigenvalue weighted by Crippen LogP contribution is 2.29. The van der Waals surface area contributed by atoms with Crippen LogP contribution in [0, 0.1) is 0 Å². The van der Waals surface area contributed by atoms with E-state index in [1.54, 1.807) is 7.11 Å². The summed E-state index contributed by atoms with van der Waals surface area (Å²) in [6.45, 7) is 6.16. The summed E-state index contributed by atoms with van der Waals surface area (Å²) >= 11 is 3.48. The van der Waals surface area contributed by atoms with Gasteiger partial charge in [-0.15, -0.1) is 0 Å². The van der Waals surface area contributed by atoms with Gasteiger partial charge in [0.1, 0.15) is 17.6 Å². The highest BCUT2D eigenvalue weighted by atomic mass is 79.9. The van der Waals surface area contributed by atoms with Crippen LogP contribution in [0.4, 0.5) is 0 Å². The largest absolute Gasteiger partial charge is 0.497 e. The summed E-state index contributed by atoms with van der Waals surface area (Å²) in [5, 5.41) is 3.38. The van der Waals surface area contributed by atoms with Gasteiger partial charge in [-0.1, -0.05) is 13.3 Å². The average molecular weight is 316 g/mol. The second kappa shape index (κ2) is 8.38. The van der Waals surface area contributed by atoms with Crippen molar-refractivity contribution in [3.05, 3.63) is 22.7 Å². The molecular weight excluding hydrogens is 294 g/mol. The third-order valence-electron chi connectivity index (χ3n) is 2.61. The lowest BCUT2D eigenvalue weighted by Gasteiger charge is -2.17. The molecule has 0 saturated heterocycles. The van der Waals surface area contributed by atoms with Crippen LogP contribution in [0.25, 0.3) is 0 Å². The zero-order valence-corrected chi connectivity index (χ0v) is 12.9. The van der Waals surface area contributed by atoms with Gasteiger partial charge in [0.05, 0.1) is 11.6 Å². The number of ether oxygens (including phenoxy) is 2. The lowest BCUT2D eigenvalue weighted by Crippen LogP contribution is -2.29. The number of methoxy groups -OCH3 is 1. The first-order chi connectivity index (χ1) is 8.67. The molecule has 1 aromatic rings. The van der Waals surface area contributed by atoms with Gasteiger partial charge in [0.15, 0.2) is 0 Å². The number of rotatable bonds is 8. The van der Waals surface area contributed by atoms with Crippen LogP contribution in [0.15, 0.2) is 22.7 Å². The van der Waals surface area contributed by atoms with E-state index >= 15 is 0 Å². The summed E-state index contributed by atoms with van der Waals surface area (Å²) in [6.07, 6.45) is 2.57. The Morgan fingerprint density at radius 1 is 1.39 bits per heavy atom. The molecule has 0 aliphatic heterocycles. The van der Waals surface area contributed by atoms with Crippen LogP contribution in [0.5, 0.6) is 11.5 Å². The van der Waals surface area contributed by atoms with E-state index in [-0.39, 0.29) is 6.10 Å². The quantitative estimate of drug-likeness (QED) is 0.743. The molecule has 0 fully saturated rings. The molecular formula is C14H22BrNO2. The molecule has 1 rings (SSSR count). The number of benzene rings is 1. The minimum absolute atomic E-state index is 0.145. The van der Waals surface area contributed by atoms with Gasteiger partial charge in [0.25, 0.3) is 0 Å². The maximum Gasteiger partial charge on any atom is 0.134 e. The molecule has 0 amide bonds. The molecule has 1 aromatic carbocycles. The fourth-order valence-electron chi connectivity index (χ4n) is 1.57. The lowest BCUT2D eigenvalue weighted by molar-refractivity contribution is 0.215. The Balaban J connectivity index is 2.41. The van der Waals surface area contributed by atoms with Crippen molar-refractivity contribution in [2.75, 3.05) is 20.2 Å². The molecule has 0 bridgehead atoms. The molecule has 0 radical (unpaired) electrons. The smallest absolute Gasteiger partial charge is 0.134 e. The van der Waals surface area contributed by atoms with E-state index in [1.807, 2.05) is 18.2 Å². The van der Waals surface area contributed by atoms with E-state index < -0.39 is 0 Å². The molecule has 1 atom stereocenters. The molecule has 102 valence electrons. The Morgan fingerprint density at radius 2 is 2.17 bits per heavy atom. The van der Waals surface area contributed by atoms with Crippen molar-refractivity contribution >= 4 is 15.9 Å². The predicted molar refractivity (Wildman–Crippen MR) is 78.6 cm³/mol. The Hall–Kier alpha value is -0.740. The summed E-state index contributed by atoms with van der Waals surface area (Å²) in [7, 11) is 1.66. The average Bonchev–Trinajstić information content (AvgIpc) is 2.37. The summed E-state index contributed by atoms with van der Waals surface area (Å²) in [5.41, 5.74) is 0. The summed E-state index contributed by atoms with van der Waals surface area (Å²) in [5.74, 6) is 1.67. The second-order valence-electron chi connectivity index (χ2n) is 4.28. The fraction of sp³-hybridized carbons (Fsp3) is 0.571. The topological polar surface area (TPSA) is 30.5 Å². The van der Waals surface area contributed by atoms with Gasteiger partial charge in [-0.3, -0.25) is 0 Å². The zero-order chi connectivity index (χ0) is 13.4. The van der Waals surface area contributed by atoms with Crippen molar-refractivity contribution in [1.82, 2.24) is 5.32 Å². The Bertz CT molecular complexity index is 358. The third-order valence-corrected chi connectivity index (χ3v) is 3.23. The highest BCUT2D eigenvalue weighted by molar-refractivity contribution is 9.10. The summed E-state index contributed by atoms with van der Waals surface area (Å²) < 4.78 is 11.9. The molecule has 0 aliphatic rings. The summed E-state index contributed by atoms with van der Waals surface area (Å²) in [6, 6.07) is 5.73. The molecule has 0 saturated carbocycles.